The highest BCUT2D eigenvalue weighted by Gasteiger charge is 2.30. The summed E-state index contributed by atoms with van der Waals surface area (Å²) in [6.45, 7) is 37.8. The minimum Gasteiger partial charge on any atom is -0.507 e. The molecule has 6 nitrogen and oxygen atoms in total. The SMILES string of the molecule is C=CCCCCCCCCCCCCCCC.CC(C)(C)c1cc(-c2cc(C(C)(C)C)cc(C(C)(C)C)c2O)c(O)c(C(C)(C)C)c1.CC=O.CCCCCCCCCCCCCCCCCC(=O)OC(=O)CCCCCCCCCCCCCCCCC. The summed E-state index contributed by atoms with van der Waals surface area (Å²) in [5, 5.41) is 22.7. The number of phenols is 2. The number of carbonyl (C=O) groups is 3. The van der Waals surface area contributed by atoms with Crippen molar-refractivity contribution in [2.45, 2.75) is 428 Å². The fraction of sp³-hybridized carbons (Fsp3) is 0.795. The number of rotatable bonds is 47. The summed E-state index contributed by atoms with van der Waals surface area (Å²) in [6.07, 6.45) is 62.8. The minimum atomic E-state index is -0.323. The molecule has 0 radical (unpaired) electrons. The first kappa shape index (κ1) is 87.7. The second-order valence-corrected chi connectivity index (χ2v) is 30.6. The van der Waals surface area contributed by atoms with Crippen LogP contribution in [0, 0.1) is 0 Å². The van der Waals surface area contributed by atoms with Crippen LogP contribution < -0.4 is 0 Å². The maximum absolute atomic E-state index is 11.9. The number of esters is 2. The van der Waals surface area contributed by atoms with Gasteiger partial charge in [0.25, 0.3) is 0 Å². The molecule has 0 aromatic heterocycles. The fourth-order valence-corrected chi connectivity index (χ4v) is 11.5. The number of phenolic OH excluding ortho intramolecular Hbond substituents is 2. The molecule has 0 saturated heterocycles. The van der Waals surface area contributed by atoms with E-state index in [9.17, 15) is 19.8 Å². The Kier molecular flexibility index (Phi) is 54.2. The number of ether oxygens (including phenoxy) is 1. The molecule has 0 atom stereocenters. The minimum absolute atomic E-state index is 0.0768. The monoisotopic (exact) mass is 1240 g/mol. The number of carbonyl (C=O) groups excluding carboxylic acids is 3. The first-order valence-corrected chi connectivity index (χ1v) is 37.8. The highest BCUT2D eigenvalue weighted by molar-refractivity contribution is 5.85. The molecule has 0 bridgehead atoms. The van der Waals surface area contributed by atoms with Crippen molar-refractivity contribution in [2.24, 2.45) is 0 Å². The molecule has 2 aromatic carbocycles. The van der Waals surface area contributed by atoms with Gasteiger partial charge < -0.3 is 19.7 Å². The lowest BCUT2D eigenvalue weighted by molar-refractivity contribution is -0.159. The molecule has 0 aliphatic rings. The van der Waals surface area contributed by atoms with Gasteiger partial charge in [-0.2, -0.15) is 0 Å². The van der Waals surface area contributed by atoms with Crippen LogP contribution in [0.1, 0.15) is 428 Å². The third kappa shape index (κ3) is 48.9. The maximum Gasteiger partial charge on any atom is 0.313 e. The molecule has 2 aromatic rings. The van der Waals surface area contributed by atoms with E-state index >= 15 is 0 Å². The molecular weight excluding hydrogens is 1090 g/mol. The van der Waals surface area contributed by atoms with Gasteiger partial charge in [-0.3, -0.25) is 9.59 Å². The van der Waals surface area contributed by atoms with E-state index in [-0.39, 0.29) is 45.1 Å². The van der Waals surface area contributed by atoms with Gasteiger partial charge in [0, 0.05) is 35.1 Å². The van der Waals surface area contributed by atoms with Crippen LogP contribution in [0.25, 0.3) is 11.1 Å². The van der Waals surface area contributed by atoms with Crippen LogP contribution in [-0.2, 0) is 40.8 Å². The average Bonchev–Trinajstić information content (AvgIpc) is 1.25. The number of allylic oxidation sites excluding steroid dienone is 1. The molecule has 0 saturated carbocycles. The normalized spacial score (nSPS) is 11.7. The Morgan fingerprint density at radius 3 is 0.753 bits per heavy atom. The summed E-state index contributed by atoms with van der Waals surface area (Å²) in [5.41, 5.74) is 4.94. The van der Waals surface area contributed by atoms with Crippen LogP contribution in [0.2, 0.25) is 0 Å². The Morgan fingerprint density at radius 1 is 0.360 bits per heavy atom. The van der Waals surface area contributed by atoms with Crippen molar-refractivity contribution in [3.8, 4) is 22.6 Å². The highest BCUT2D eigenvalue weighted by Crippen LogP contribution is 2.48. The average molecular weight is 1240 g/mol. The van der Waals surface area contributed by atoms with Crippen molar-refractivity contribution in [3.63, 3.8) is 0 Å². The van der Waals surface area contributed by atoms with E-state index in [4.69, 9.17) is 9.53 Å². The Bertz CT molecular complexity index is 1890. The second-order valence-electron chi connectivity index (χ2n) is 30.6. The van der Waals surface area contributed by atoms with Crippen LogP contribution in [0.3, 0.4) is 0 Å². The Morgan fingerprint density at radius 2 is 0.562 bits per heavy atom. The third-order valence-corrected chi connectivity index (χ3v) is 17.6. The van der Waals surface area contributed by atoms with Gasteiger partial charge in [0.05, 0.1) is 0 Å². The highest BCUT2D eigenvalue weighted by atomic mass is 16.6. The van der Waals surface area contributed by atoms with Gasteiger partial charge in [-0.25, -0.2) is 0 Å². The van der Waals surface area contributed by atoms with Gasteiger partial charge in [-0.05, 0) is 77.5 Å². The first-order valence-electron chi connectivity index (χ1n) is 37.8. The lowest BCUT2D eigenvalue weighted by Crippen LogP contribution is -2.18. The van der Waals surface area contributed by atoms with E-state index in [1.54, 1.807) is 0 Å². The van der Waals surface area contributed by atoms with Crippen LogP contribution in [0.4, 0.5) is 0 Å². The summed E-state index contributed by atoms with van der Waals surface area (Å²) >= 11 is 0. The zero-order valence-electron chi connectivity index (χ0n) is 62.2. The van der Waals surface area contributed by atoms with E-state index in [0.717, 1.165) is 54.2 Å². The first-order chi connectivity index (χ1) is 42.3. The number of benzene rings is 2. The van der Waals surface area contributed by atoms with E-state index < -0.39 is 0 Å². The lowest BCUT2D eigenvalue weighted by atomic mass is 9.75. The van der Waals surface area contributed by atoms with Crippen LogP contribution >= 0.6 is 0 Å². The van der Waals surface area contributed by atoms with Crippen molar-refractivity contribution in [2.75, 3.05) is 0 Å². The smallest absolute Gasteiger partial charge is 0.313 e. The van der Waals surface area contributed by atoms with Crippen LogP contribution in [0.5, 0.6) is 11.5 Å². The second kappa shape index (κ2) is 55.1. The van der Waals surface area contributed by atoms with Gasteiger partial charge in [-0.15, -0.1) is 6.58 Å². The number of aromatic hydroxyl groups is 2. The standard InChI is InChI=1S/C36H70O3.C28H42O2.C17H34.C2H4O/c1-3-5-7-9-11-13-15-17-19-21-23-25-27-29-31-33-35(37)39-36(38)34-32-30-28-26-24-22-20-18-16-14-12-10-8-6-4-2;1-25(2,3)17-13-19(23(29)21(15-17)27(7,8)9)20-14-18(26(4,5)6)16-22(24(20)30)28(10,11)12;1-3-5-7-9-11-13-15-17-16-14-12-10-8-6-4-2;1-2-3/h3-34H2,1-2H3;13-16,29-30H,1-12H3;3H,1,4-17H2,2H3;2H,1H3. The summed E-state index contributed by atoms with van der Waals surface area (Å²) in [6, 6.07) is 8.35. The van der Waals surface area contributed by atoms with E-state index in [1.165, 1.54) is 264 Å². The van der Waals surface area contributed by atoms with E-state index in [1.807, 2.05) is 6.08 Å². The molecule has 0 amide bonds. The van der Waals surface area contributed by atoms with Crippen molar-refractivity contribution in [1.82, 2.24) is 0 Å². The number of hydrogen-bond acceptors (Lipinski definition) is 6. The van der Waals surface area contributed by atoms with Crippen LogP contribution in [0.15, 0.2) is 36.9 Å². The molecule has 518 valence electrons. The number of aldehydes is 1. The zero-order chi connectivity index (χ0) is 67.3. The predicted octanol–water partition coefficient (Wildman–Crippen LogP) is 27.4. The van der Waals surface area contributed by atoms with Crippen molar-refractivity contribution in [3.05, 3.63) is 59.2 Å². The van der Waals surface area contributed by atoms with Gasteiger partial charge >= 0.3 is 11.9 Å². The fourth-order valence-electron chi connectivity index (χ4n) is 11.5. The lowest BCUT2D eigenvalue weighted by Gasteiger charge is -2.30. The molecule has 6 heteroatoms. The summed E-state index contributed by atoms with van der Waals surface area (Å²) in [5.74, 6) is -0.125. The quantitative estimate of drug-likeness (QED) is 0.0225. The van der Waals surface area contributed by atoms with Gasteiger partial charge in [-0.1, -0.05) is 379 Å². The molecule has 0 spiro atoms. The molecule has 0 fully saturated rings. The van der Waals surface area contributed by atoms with Gasteiger partial charge in [0.1, 0.15) is 17.8 Å². The summed E-state index contributed by atoms with van der Waals surface area (Å²) in [4.78, 5) is 32.6. The molecule has 0 aliphatic heterocycles. The van der Waals surface area contributed by atoms with Crippen molar-refractivity contribution in [1.29, 1.82) is 0 Å². The van der Waals surface area contributed by atoms with Crippen molar-refractivity contribution >= 4 is 18.2 Å². The van der Waals surface area contributed by atoms with E-state index in [0.29, 0.717) is 24.0 Å². The Hall–Kier alpha value is -3.41. The largest absolute Gasteiger partial charge is 0.507 e. The Labute approximate surface area is 554 Å². The van der Waals surface area contributed by atoms with Gasteiger partial charge in [0.2, 0.25) is 0 Å². The molecule has 0 aliphatic carbocycles. The predicted molar refractivity (Wildman–Crippen MR) is 392 cm³/mol. The topological polar surface area (TPSA) is 101 Å². The third-order valence-electron chi connectivity index (χ3n) is 17.6. The van der Waals surface area contributed by atoms with E-state index in [2.05, 4.69) is 135 Å². The molecule has 2 N–H and O–H groups in total. The Balaban J connectivity index is 0. The molecule has 0 heterocycles. The summed E-state index contributed by atoms with van der Waals surface area (Å²) < 4.78 is 5.01. The molecule has 89 heavy (non-hydrogen) atoms. The number of unbranched alkanes of at least 4 members (excludes halogenated alkanes) is 41. The van der Waals surface area contributed by atoms with Crippen LogP contribution in [-0.4, -0.2) is 28.4 Å². The number of hydrogen-bond donors (Lipinski definition) is 2. The maximum atomic E-state index is 11.9. The van der Waals surface area contributed by atoms with Crippen molar-refractivity contribution < 1.29 is 29.3 Å². The molecular formula is C83H150O6. The summed E-state index contributed by atoms with van der Waals surface area (Å²) in [7, 11) is 0. The molecule has 0 unspecified atom stereocenters. The van der Waals surface area contributed by atoms with Gasteiger partial charge in [0.15, 0.2) is 0 Å². The molecule has 2 rings (SSSR count). The zero-order valence-corrected chi connectivity index (χ0v) is 62.2.